The van der Waals surface area contributed by atoms with Gasteiger partial charge in [-0.3, -0.25) is 4.79 Å². The molecule has 15 heavy (non-hydrogen) atoms. The van der Waals surface area contributed by atoms with Crippen molar-refractivity contribution in [1.82, 2.24) is 4.98 Å². The van der Waals surface area contributed by atoms with E-state index >= 15 is 0 Å². The Labute approximate surface area is 88.6 Å². The normalized spacial score (nSPS) is 10.1. The van der Waals surface area contributed by atoms with Crippen LogP contribution < -0.4 is 0 Å². The molecule has 1 radical (unpaired) electrons. The Hall–Kier alpha value is -1.58. The quantitative estimate of drug-likeness (QED) is 0.609. The average Bonchev–Trinajstić information content (AvgIpc) is 2.42. The maximum atomic E-state index is 11.5. The van der Waals surface area contributed by atoms with Gasteiger partial charge >= 0.3 is 5.97 Å². The van der Waals surface area contributed by atoms with Crippen LogP contribution in [0.1, 0.15) is 46.0 Å². The first-order valence-corrected chi connectivity index (χ1v) is 4.71. The number of esters is 1. The zero-order valence-electron chi connectivity index (χ0n) is 9.14. The lowest BCUT2D eigenvalue weighted by atomic mass is 10.1. The van der Waals surface area contributed by atoms with E-state index in [1.54, 1.807) is 13.8 Å². The zero-order chi connectivity index (χ0) is 11.6. The molecule has 1 aromatic heterocycles. The van der Waals surface area contributed by atoms with Crippen LogP contribution in [0.3, 0.4) is 0 Å². The van der Waals surface area contributed by atoms with Gasteiger partial charge in [0.2, 0.25) is 0 Å². The van der Waals surface area contributed by atoms with Crippen molar-refractivity contribution in [2.75, 3.05) is 6.61 Å². The van der Waals surface area contributed by atoms with E-state index in [1.165, 1.54) is 6.92 Å². The van der Waals surface area contributed by atoms with E-state index in [0.29, 0.717) is 29.1 Å². The van der Waals surface area contributed by atoms with E-state index in [0.717, 1.165) is 0 Å². The number of hydrogen-bond donors (Lipinski definition) is 1. The zero-order valence-corrected chi connectivity index (χ0v) is 9.14. The summed E-state index contributed by atoms with van der Waals surface area (Å²) in [5, 5.41) is 0. The third kappa shape index (κ3) is 2.09. The molecule has 1 heterocycles. The van der Waals surface area contributed by atoms with E-state index in [2.05, 4.69) is 11.9 Å². The van der Waals surface area contributed by atoms with Gasteiger partial charge < -0.3 is 9.72 Å². The number of ketones is 1. The topological polar surface area (TPSA) is 59.2 Å². The fourth-order valence-corrected chi connectivity index (χ4v) is 1.54. The highest BCUT2D eigenvalue weighted by Crippen LogP contribution is 2.18. The molecule has 0 unspecified atom stereocenters. The summed E-state index contributed by atoms with van der Waals surface area (Å²) >= 11 is 0. The average molecular weight is 208 g/mol. The van der Waals surface area contributed by atoms with Crippen molar-refractivity contribution in [3.8, 4) is 0 Å². The van der Waals surface area contributed by atoms with Crippen molar-refractivity contribution in [3.63, 3.8) is 0 Å². The monoisotopic (exact) mass is 208 g/mol. The predicted octanol–water partition coefficient (Wildman–Crippen LogP) is 1.88. The van der Waals surface area contributed by atoms with Gasteiger partial charge in [-0.2, -0.15) is 0 Å². The molecule has 81 valence electrons. The fourth-order valence-electron chi connectivity index (χ4n) is 1.54. The SMILES string of the molecule is [CH2]c1[nH]c(C(=O)OCC)c(C)c1C(C)=O. The Balaban J connectivity index is 3.17. The number of rotatable bonds is 3. The summed E-state index contributed by atoms with van der Waals surface area (Å²) in [5.74, 6) is -0.559. The second kappa shape index (κ2) is 4.29. The summed E-state index contributed by atoms with van der Waals surface area (Å²) in [6, 6.07) is 0. The molecule has 1 N–H and O–H groups in total. The Morgan fingerprint density at radius 1 is 1.47 bits per heavy atom. The predicted molar refractivity (Wildman–Crippen MR) is 55.9 cm³/mol. The molecule has 0 aliphatic heterocycles. The standard InChI is InChI=1S/C11H14NO3/c1-5-15-11(14)10-6(2)9(8(4)13)7(3)12-10/h12H,3,5H2,1-2,4H3. The van der Waals surface area contributed by atoms with E-state index in [1.807, 2.05) is 0 Å². The molecule has 4 nitrogen and oxygen atoms in total. The van der Waals surface area contributed by atoms with Crippen molar-refractivity contribution in [2.24, 2.45) is 0 Å². The van der Waals surface area contributed by atoms with Gasteiger partial charge in [-0.05, 0) is 33.3 Å². The molecule has 0 aromatic carbocycles. The van der Waals surface area contributed by atoms with Crippen molar-refractivity contribution < 1.29 is 14.3 Å². The number of H-pyrrole nitrogens is 1. The van der Waals surface area contributed by atoms with Crippen LogP contribution in [0.4, 0.5) is 0 Å². The molecule has 0 atom stereocenters. The van der Waals surface area contributed by atoms with Gasteiger partial charge in [0.15, 0.2) is 5.78 Å². The van der Waals surface area contributed by atoms with E-state index in [9.17, 15) is 9.59 Å². The molecule has 0 bridgehead atoms. The lowest BCUT2D eigenvalue weighted by Gasteiger charge is -2.00. The van der Waals surface area contributed by atoms with Gasteiger partial charge in [0.05, 0.1) is 6.61 Å². The van der Waals surface area contributed by atoms with Crippen molar-refractivity contribution in [2.45, 2.75) is 20.8 Å². The molecule has 0 fully saturated rings. The Morgan fingerprint density at radius 2 is 2.07 bits per heavy atom. The molecular weight excluding hydrogens is 194 g/mol. The summed E-state index contributed by atoms with van der Waals surface area (Å²) in [6.45, 7) is 8.86. The van der Waals surface area contributed by atoms with Crippen LogP contribution in [0.25, 0.3) is 0 Å². The number of carbonyl (C=O) groups is 2. The molecule has 0 spiro atoms. The Kier molecular flexibility index (Phi) is 3.29. The van der Waals surface area contributed by atoms with E-state index < -0.39 is 5.97 Å². The summed E-state index contributed by atoms with van der Waals surface area (Å²) in [4.78, 5) is 25.5. The van der Waals surface area contributed by atoms with Gasteiger partial charge in [-0.1, -0.05) is 0 Å². The summed E-state index contributed by atoms with van der Waals surface area (Å²) in [7, 11) is 0. The minimum absolute atomic E-state index is 0.107. The molecule has 0 amide bonds. The van der Waals surface area contributed by atoms with Crippen LogP contribution in [0.15, 0.2) is 0 Å². The highest BCUT2D eigenvalue weighted by molar-refractivity contribution is 6.01. The summed E-state index contributed by atoms with van der Waals surface area (Å²) in [5.41, 5.74) is 1.85. The van der Waals surface area contributed by atoms with Crippen LogP contribution in [0.5, 0.6) is 0 Å². The Bertz CT molecular complexity index is 404. The van der Waals surface area contributed by atoms with Gasteiger partial charge in [0.25, 0.3) is 0 Å². The highest BCUT2D eigenvalue weighted by atomic mass is 16.5. The van der Waals surface area contributed by atoms with Crippen LogP contribution >= 0.6 is 0 Å². The van der Waals surface area contributed by atoms with Gasteiger partial charge in [0, 0.05) is 11.3 Å². The molecule has 0 aliphatic carbocycles. The third-order valence-corrected chi connectivity index (χ3v) is 2.16. The van der Waals surface area contributed by atoms with Crippen molar-refractivity contribution in [1.29, 1.82) is 0 Å². The second-order valence-corrected chi connectivity index (χ2v) is 3.26. The van der Waals surface area contributed by atoms with Crippen LogP contribution in [-0.4, -0.2) is 23.3 Å². The van der Waals surface area contributed by atoms with Gasteiger partial charge in [-0.15, -0.1) is 0 Å². The summed E-state index contributed by atoms with van der Waals surface area (Å²) in [6.07, 6.45) is 0. The van der Waals surface area contributed by atoms with Crippen molar-refractivity contribution >= 4 is 11.8 Å². The lowest BCUT2D eigenvalue weighted by molar-refractivity contribution is 0.0519. The number of Topliss-reactive ketones (excluding diaryl/α,β-unsaturated/α-hetero) is 1. The number of aromatic nitrogens is 1. The molecule has 0 saturated heterocycles. The van der Waals surface area contributed by atoms with Crippen molar-refractivity contribution in [3.05, 3.63) is 29.4 Å². The smallest absolute Gasteiger partial charge is 0.355 e. The number of ether oxygens (including phenoxy) is 1. The Morgan fingerprint density at radius 3 is 2.47 bits per heavy atom. The summed E-state index contributed by atoms with van der Waals surface area (Å²) < 4.78 is 4.85. The third-order valence-electron chi connectivity index (χ3n) is 2.16. The minimum atomic E-state index is -0.451. The first-order chi connectivity index (χ1) is 6.99. The van der Waals surface area contributed by atoms with Crippen LogP contribution in [0, 0.1) is 13.8 Å². The molecular formula is C11H14NO3. The number of carbonyl (C=O) groups excluding carboxylic acids is 2. The number of hydrogen-bond acceptors (Lipinski definition) is 3. The van der Waals surface area contributed by atoms with Gasteiger partial charge in [0.1, 0.15) is 5.69 Å². The second-order valence-electron chi connectivity index (χ2n) is 3.26. The molecule has 0 saturated carbocycles. The molecule has 1 aromatic rings. The first kappa shape index (κ1) is 11.5. The van der Waals surface area contributed by atoms with E-state index in [-0.39, 0.29) is 5.78 Å². The number of aromatic amines is 1. The molecule has 0 aliphatic rings. The molecule has 4 heteroatoms. The number of nitrogens with one attached hydrogen (secondary N) is 1. The minimum Gasteiger partial charge on any atom is -0.461 e. The van der Waals surface area contributed by atoms with Crippen LogP contribution in [0.2, 0.25) is 0 Å². The maximum absolute atomic E-state index is 11.5. The maximum Gasteiger partial charge on any atom is 0.355 e. The molecule has 1 rings (SSSR count). The largest absolute Gasteiger partial charge is 0.461 e. The highest BCUT2D eigenvalue weighted by Gasteiger charge is 2.20. The van der Waals surface area contributed by atoms with E-state index in [4.69, 9.17) is 4.74 Å². The van der Waals surface area contributed by atoms with Crippen LogP contribution in [-0.2, 0) is 4.74 Å². The van der Waals surface area contributed by atoms with Gasteiger partial charge in [-0.25, -0.2) is 4.79 Å². The fraction of sp³-hybridized carbons (Fsp3) is 0.364. The first-order valence-electron chi connectivity index (χ1n) is 4.71. The lowest BCUT2D eigenvalue weighted by Crippen LogP contribution is -2.07.